The second-order valence-electron chi connectivity index (χ2n) is 19.1. The zero-order chi connectivity index (χ0) is 45.8. The van der Waals surface area contributed by atoms with Gasteiger partial charge in [-0.25, -0.2) is 19.6 Å². The predicted octanol–water partition coefficient (Wildman–Crippen LogP) is 8.08. The van der Waals surface area contributed by atoms with Crippen molar-refractivity contribution < 1.29 is 38.1 Å². The number of carbonyl (C=O) groups is 4. The number of imidazole rings is 2. The summed E-state index contributed by atoms with van der Waals surface area (Å²) in [5.41, 5.74) is 6.68. The second-order valence-corrected chi connectivity index (χ2v) is 19.1. The molecule has 3 aromatic carbocycles. The summed E-state index contributed by atoms with van der Waals surface area (Å²) >= 11 is 0. The molecular formula is C50H60N8O8. The van der Waals surface area contributed by atoms with E-state index < -0.39 is 24.3 Å². The highest BCUT2D eigenvalue weighted by Gasteiger charge is 2.50. The standard InChI is InChI=1S/C50H60N8O8/c1-6-32-12-15-39(57(32)48(60)43(56-50(62)64-5)27-16-18-65-19-17-27)45-51-24-37(53-45)29-10-13-33-31(20-29)25-66-41-23-34-28(21-35(33)41)11-14-36-44(34)54-46(52-36)40-22-30-8-7-9-38(30)58(40)47(59)42(26(2)3)55-49(61)63-4/h10-11,13-14,20-21,23-24,26-27,30,32,38-40,42-43H,6-9,12,15-19,22,25H2,1-5H3,(H,51,53)(H,52,54)(H,55,61)(H,56,62)/t30-,32-,38-,39-,40-,42-,43?/m0/s1. The van der Waals surface area contributed by atoms with Crippen LogP contribution in [0.25, 0.3) is 44.2 Å². The molecule has 3 saturated heterocycles. The van der Waals surface area contributed by atoms with Crippen LogP contribution in [0.3, 0.4) is 0 Å². The second kappa shape index (κ2) is 17.9. The van der Waals surface area contributed by atoms with Gasteiger partial charge in [-0.2, -0.15) is 0 Å². The van der Waals surface area contributed by atoms with Crippen LogP contribution in [0.2, 0.25) is 0 Å². The summed E-state index contributed by atoms with van der Waals surface area (Å²) in [5, 5.41) is 7.70. The quantitative estimate of drug-likeness (QED) is 0.107. The Morgan fingerprint density at radius 3 is 2.42 bits per heavy atom. The van der Waals surface area contributed by atoms with Gasteiger partial charge in [-0.1, -0.05) is 45.4 Å². The minimum Gasteiger partial charge on any atom is -0.488 e. The fourth-order valence-electron chi connectivity index (χ4n) is 11.7. The van der Waals surface area contributed by atoms with Gasteiger partial charge in [0.15, 0.2) is 0 Å². The maximum absolute atomic E-state index is 14.5. The van der Waals surface area contributed by atoms with Gasteiger partial charge in [-0.3, -0.25) is 9.59 Å². The zero-order valence-electron chi connectivity index (χ0n) is 38.4. The molecule has 10 rings (SSSR count). The molecular weight excluding hydrogens is 841 g/mol. The van der Waals surface area contributed by atoms with Crippen LogP contribution in [0.1, 0.15) is 108 Å². The molecule has 5 aliphatic rings. The average Bonchev–Trinajstić information content (AvgIpc) is 4.19. The number of aromatic amines is 2. The highest BCUT2D eigenvalue weighted by Crippen LogP contribution is 2.49. The number of fused-ring (bicyclic) bond motifs is 7. The van der Waals surface area contributed by atoms with Crippen LogP contribution in [0.15, 0.2) is 48.7 Å². The molecule has 4 N–H and O–H groups in total. The van der Waals surface area contributed by atoms with Crippen molar-refractivity contribution >= 4 is 45.8 Å². The van der Waals surface area contributed by atoms with Gasteiger partial charge >= 0.3 is 12.2 Å². The van der Waals surface area contributed by atoms with Crippen molar-refractivity contribution in [2.45, 2.75) is 121 Å². The number of nitrogens with zero attached hydrogens (tertiary/aromatic N) is 4. The summed E-state index contributed by atoms with van der Waals surface area (Å²) in [7, 11) is 2.63. The highest BCUT2D eigenvalue weighted by molar-refractivity contribution is 6.07. The van der Waals surface area contributed by atoms with Gasteiger partial charge in [-0.05, 0) is 115 Å². The lowest BCUT2D eigenvalue weighted by molar-refractivity contribution is -0.139. The van der Waals surface area contributed by atoms with E-state index in [9.17, 15) is 19.2 Å². The number of likely N-dealkylation sites (tertiary alicyclic amines) is 2. The first kappa shape index (κ1) is 43.7. The number of aromatic nitrogens is 4. The van der Waals surface area contributed by atoms with Gasteiger partial charge in [0.05, 0.1) is 49.2 Å². The molecule has 4 aliphatic heterocycles. The molecule has 4 amide bonds. The first-order valence-corrected chi connectivity index (χ1v) is 23.7. The van der Waals surface area contributed by atoms with Crippen molar-refractivity contribution in [3.05, 3.63) is 65.9 Å². The Morgan fingerprint density at radius 1 is 0.848 bits per heavy atom. The summed E-state index contributed by atoms with van der Waals surface area (Å²) in [4.78, 5) is 74.7. The monoisotopic (exact) mass is 900 g/mol. The van der Waals surface area contributed by atoms with E-state index in [1.165, 1.54) is 14.2 Å². The summed E-state index contributed by atoms with van der Waals surface area (Å²) in [5.74, 6) is 2.27. The third-order valence-corrected chi connectivity index (χ3v) is 15.1. The maximum Gasteiger partial charge on any atom is 0.407 e. The molecule has 1 unspecified atom stereocenters. The number of methoxy groups -OCH3 is 2. The Hall–Kier alpha value is -6.16. The first-order chi connectivity index (χ1) is 32.0. The summed E-state index contributed by atoms with van der Waals surface area (Å²) in [6.45, 7) is 7.46. The molecule has 4 fully saturated rings. The van der Waals surface area contributed by atoms with Crippen LogP contribution in [0, 0.1) is 17.8 Å². The van der Waals surface area contributed by atoms with E-state index in [2.05, 4.69) is 63.9 Å². The zero-order valence-corrected chi connectivity index (χ0v) is 38.4. The third-order valence-electron chi connectivity index (χ3n) is 15.1. The largest absolute Gasteiger partial charge is 0.488 e. The molecule has 0 radical (unpaired) electrons. The van der Waals surface area contributed by atoms with Crippen molar-refractivity contribution in [3.8, 4) is 28.1 Å². The molecule has 66 heavy (non-hydrogen) atoms. The number of alkyl carbamates (subject to hydrolysis) is 2. The number of hydrogen-bond donors (Lipinski definition) is 4. The molecule has 0 spiro atoms. The van der Waals surface area contributed by atoms with Crippen molar-refractivity contribution in [2.75, 3.05) is 27.4 Å². The number of carbonyl (C=O) groups excluding carboxylic acids is 4. The summed E-state index contributed by atoms with van der Waals surface area (Å²) in [6, 6.07) is 13.0. The van der Waals surface area contributed by atoms with Gasteiger partial charge in [0.25, 0.3) is 0 Å². The summed E-state index contributed by atoms with van der Waals surface area (Å²) < 4.78 is 21.9. The number of hydrogen-bond acceptors (Lipinski definition) is 10. The van der Waals surface area contributed by atoms with Crippen LogP contribution in [0.4, 0.5) is 9.59 Å². The number of benzene rings is 3. The first-order valence-electron chi connectivity index (χ1n) is 23.7. The highest BCUT2D eigenvalue weighted by atomic mass is 16.5. The van der Waals surface area contributed by atoms with E-state index in [0.29, 0.717) is 38.6 Å². The molecule has 1 aliphatic carbocycles. The number of H-pyrrole nitrogens is 2. The van der Waals surface area contributed by atoms with Crippen molar-refractivity contribution in [2.24, 2.45) is 17.8 Å². The molecule has 16 nitrogen and oxygen atoms in total. The van der Waals surface area contributed by atoms with Gasteiger partial charge < -0.3 is 49.3 Å². The molecule has 1 saturated carbocycles. The topological polar surface area (TPSA) is 193 Å². The van der Waals surface area contributed by atoms with Crippen LogP contribution in [-0.2, 0) is 30.4 Å². The van der Waals surface area contributed by atoms with Crippen LogP contribution in [-0.4, -0.2) is 105 Å². The van der Waals surface area contributed by atoms with Crippen LogP contribution < -0.4 is 15.4 Å². The molecule has 6 heterocycles. The molecule has 16 heteroatoms. The number of rotatable bonds is 10. The van der Waals surface area contributed by atoms with Crippen LogP contribution >= 0.6 is 0 Å². The van der Waals surface area contributed by atoms with E-state index in [0.717, 1.165) is 112 Å². The van der Waals surface area contributed by atoms with E-state index in [1.807, 2.05) is 35.9 Å². The van der Waals surface area contributed by atoms with Crippen molar-refractivity contribution in [1.82, 2.24) is 40.4 Å². The average molecular weight is 901 g/mol. The van der Waals surface area contributed by atoms with E-state index in [1.54, 1.807) is 0 Å². The number of nitrogens with one attached hydrogen (secondary N) is 4. The van der Waals surface area contributed by atoms with E-state index in [-0.39, 0.29) is 47.8 Å². The lowest BCUT2D eigenvalue weighted by Gasteiger charge is -2.36. The fraction of sp³-hybridized carbons (Fsp3) is 0.520. The van der Waals surface area contributed by atoms with Gasteiger partial charge in [0.1, 0.15) is 36.1 Å². The van der Waals surface area contributed by atoms with E-state index >= 15 is 0 Å². The predicted molar refractivity (Wildman–Crippen MR) is 246 cm³/mol. The Kier molecular flexibility index (Phi) is 11.9. The third kappa shape index (κ3) is 7.79. The minimum absolute atomic E-state index is 0.0233. The number of ether oxygens (including phenoxy) is 4. The Bertz CT molecular complexity index is 2670. The SMILES string of the molecule is CC[C@H]1CC[C@@H](c2ncc(-c3ccc4c(c3)COc3cc5c(ccc6nc([C@@H]7C[C@@H]8CCC[C@@H]8N7C(=O)[C@@H](NC(=O)OC)C(C)C)[nH]c65)cc3-4)[nH]2)N1C(=O)C(NC(=O)OC)C1CCOCC1. The Labute approximate surface area is 383 Å². The normalized spacial score (nSPS) is 23.6. The smallest absolute Gasteiger partial charge is 0.407 e. The lowest BCUT2D eigenvalue weighted by Crippen LogP contribution is -2.54. The van der Waals surface area contributed by atoms with Crippen LogP contribution in [0.5, 0.6) is 5.75 Å². The van der Waals surface area contributed by atoms with Crippen molar-refractivity contribution in [1.29, 1.82) is 0 Å². The molecule has 348 valence electrons. The van der Waals surface area contributed by atoms with Gasteiger partial charge in [0, 0.05) is 36.2 Å². The summed E-state index contributed by atoms with van der Waals surface area (Å²) in [6.07, 6.45) is 8.28. The van der Waals surface area contributed by atoms with Crippen molar-refractivity contribution in [3.63, 3.8) is 0 Å². The maximum atomic E-state index is 14.5. The van der Waals surface area contributed by atoms with Gasteiger partial charge in [-0.15, -0.1) is 0 Å². The number of amides is 4. The molecule has 5 aromatic rings. The van der Waals surface area contributed by atoms with E-state index in [4.69, 9.17) is 28.9 Å². The molecule has 2 aromatic heterocycles. The fourth-order valence-corrected chi connectivity index (χ4v) is 11.7. The molecule has 0 bridgehead atoms. The molecule has 7 atom stereocenters. The lowest BCUT2D eigenvalue weighted by atomic mass is 9.90. The van der Waals surface area contributed by atoms with Gasteiger partial charge in [0.2, 0.25) is 11.8 Å². The Morgan fingerprint density at radius 2 is 1.65 bits per heavy atom. The Balaban J connectivity index is 0.909. The minimum atomic E-state index is -0.712.